The first-order valence-electron chi connectivity index (χ1n) is 7.46. The third-order valence-corrected chi connectivity index (χ3v) is 3.18. The molecule has 0 amide bonds. The van der Waals surface area contributed by atoms with Gasteiger partial charge in [-0.05, 0) is 44.0 Å². The van der Waals surface area contributed by atoms with Gasteiger partial charge in [0.05, 0.1) is 5.69 Å². The molecule has 21 heavy (non-hydrogen) atoms. The van der Waals surface area contributed by atoms with Gasteiger partial charge in [0.1, 0.15) is 5.75 Å². The summed E-state index contributed by atoms with van der Waals surface area (Å²) in [6, 6.07) is 12.1. The summed E-state index contributed by atoms with van der Waals surface area (Å²) >= 11 is 0. The number of hydrogen-bond donors (Lipinski definition) is 1. The summed E-state index contributed by atoms with van der Waals surface area (Å²) in [7, 11) is 0. The zero-order valence-corrected chi connectivity index (χ0v) is 13.3. The van der Waals surface area contributed by atoms with Crippen molar-refractivity contribution in [3.05, 3.63) is 53.2 Å². The Morgan fingerprint density at radius 3 is 2.67 bits per heavy atom. The molecule has 0 fully saturated rings. The van der Waals surface area contributed by atoms with E-state index in [1.165, 1.54) is 5.56 Å². The van der Waals surface area contributed by atoms with Crippen LogP contribution in [0.2, 0.25) is 0 Å². The van der Waals surface area contributed by atoms with Crippen LogP contribution in [0.15, 0.2) is 36.4 Å². The van der Waals surface area contributed by atoms with Crippen molar-refractivity contribution in [2.24, 2.45) is 5.92 Å². The van der Waals surface area contributed by atoms with Crippen molar-refractivity contribution in [3.8, 4) is 11.6 Å². The largest absolute Gasteiger partial charge is 0.439 e. The molecular formula is C18H24N2O. The minimum atomic E-state index is 0.639. The van der Waals surface area contributed by atoms with E-state index in [1.807, 2.05) is 24.3 Å². The molecule has 1 heterocycles. The first kappa shape index (κ1) is 15.5. The number of ether oxygens (including phenoxy) is 1. The lowest BCUT2D eigenvalue weighted by Crippen LogP contribution is -2.19. The lowest BCUT2D eigenvalue weighted by atomic mass is 10.1. The van der Waals surface area contributed by atoms with E-state index in [2.05, 4.69) is 50.1 Å². The fraction of sp³-hybridized carbons (Fsp3) is 0.389. The zero-order chi connectivity index (χ0) is 15.2. The number of pyridine rings is 1. The van der Waals surface area contributed by atoms with Crippen molar-refractivity contribution in [1.82, 2.24) is 10.3 Å². The van der Waals surface area contributed by atoms with Crippen LogP contribution in [0.4, 0.5) is 0 Å². The molecule has 0 saturated carbocycles. The van der Waals surface area contributed by atoms with Crippen LogP contribution in [0.1, 0.15) is 30.7 Å². The van der Waals surface area contributed by atoms with Gasteiger partial charge in [0.2, 0.25) is 5.88 Å². The van der Waals surface area contributed by atoms with Crippen LogP contribution >= 0.6 is 0 Å². The number of benzene rings is 1. The van der Waals surface area contributed by atoms with Crippen LogP contribution in [0, 0.1) is 19.8 Å². The summed E-state index contributed by atoms with van der Waals surface area (Å²) in [6.07, 6.45) is 0. The third kappa shape index (κ3) is 4.87. The van der Waals surface area contributed by atoms with Crippen molar-refractivity contribution in [2.75, 3.05) is 6.54 Å². The van der Waals surface area contributed by atoms with Crippen molar-refractivity contribution in [2.45, 2.75) is 34.2 Å². The molecule has 0 aliphatic heterocycles. The Balaban J connectivity index is 2.03. The molecule has 112 valence electrons. The van der Waals surface area contributed by atoms with E-state index in [0.717, 1.165) is 30.1 Å². The highest BCUT2D eigenvalue weighted by Crippen LogP contribution is 2.24. The fourth-order valence-electron chi connectivity index (χ4n) is 2.13. The molecule has 0 unspecified atom stereocenters. The third-order valence-electron chi connectivity index (χ3n) is 3.18. The first-order valence-corrected chi connectivity index (χ1v) is 7.46. The SMILES string of the molecule is Cc1ccc(Oc2cccc(CNCC(C)C)n2)c(C)c1. The highest BCUT2D eigenvalue weighted by atomic mass is 16.5. The van der Waals surface area contributed by atoms with E-state index < -0.39 is 0 Å². The molecule has 2 aromatic rings. The van der Waals surface area contributed by atoms with Crippen LogP contribution in [0.25, 0.3) is 0 Å². The maximum Gasteiger partial charge on any atom is 0.219 e. The molecule has 0 atom stereocenters. The van der Waals surface area contributed by atoms with Crippen LogP contribution in [-0.4, -0.2) is 11.5 Å². The molecule has 0 saturated heterocycles. The second kappa shape index (κ2) is 7.23. The Hall–Kier alpha value is -1.87. The van der Waals surface area contributed by atoms with Crippen molar-refractivity contribution in [3.63, 3.8) is 0 Å². The summed E-state index contributed by atoms with van der Waals surface area (Å²) in [5.74, 6) is 2.14. The number of rotatable bonds is 6. The van der Waals surface area contributed by atoms with Gasteiger partial charge in [-0.25, -0.2) is 4.98 Å². The van der Waals surface area contributed by atoms with Crippen LogP contribution in [-0.2, 0) is 6.54 Å². The minimum Gasteiger partial charge on any atom is -0.439 e. The highest BCUT2D eigenvalue weighted by Gasteiger charge is 2.04. The number of nitrogens with one attached hydrogen (secondary N) is 1. The Morgan fingerprint density at radius 1 is 1.14 bits per heavy atom. The number of aromatic nitrogens is 1. The van der Waals surface area contributed by atoms with Gasteiger partial charge in [-0.15, -0.1) is 0 Å². The molecule has 1 aromatic heterocycles. The number of aryl methyl sites for hydroxylation is 2. The van der Waals surface area contributed by atoms with Gasteiger partial charge in [0, 0.05) is 12.6 Å². The van der Waals surface area contributed by atoms with Crippen molar-refractivity contribution in [1.29, 1.82) is 0 Å². The summed E-state index contributed by atoms with van der Waals surface area (Å²) in [5, 5.41) is 3.39. The molecule has 0 radical (unpaired) electrons. The van der Waals surface area contributed by atoms with E-state index in [0.29, 0.717) is 11.8 Å². The average Bonchev–Trinajstić information content (AvgIpc) is 2.42. The van der Waals surface area contributed by atoms with Gasteiger partial charge in [0.25, 0.3) is 0 Å². The summed E-state index contributed by atoms with van der Waals surface area (Å²) in [5.41, 5.74) is 3.36. The second-order valence-corrected chi connectivity index (χ2v) is 5.86. The van der Waals surface area contributed by atoms with Crippen LogP contribution in [0.3, 0.4) is 0 Å². The molecule has 0 bridgehead atoms. The predicted molar refractivity (Wildman–Crippen MR) is 86.8 cm³/mol. The molecule has 3 nitrogen and oxygen atoms in total. The van der Waals surface area contributed by atoms with Gasteiger partial charge in [-0.2, -0.15) is 0 Å². The standard InChI is InChI=1S/C18H24N2O/c1-13(2)11-19-12-16-6-5-7-18(20-16)21-17-9-8-14(3)10-15(17)4/h5-10,13,19H,11-12H2,1-4H3. The second-order valence-electron chi connectivity index (χ2n) is 5.86. The molecule has 1 aromatic carbocycles. The predicted octanol–water partition coefficient (Wildman–Crippen LogP) is 4.24. The van der Waals surface area contributed by atoms with Gasteiger partial charge >= 0.3 is 0 Å². The molecule has 0 spiro atoms. The van der Waals surface area contributed by atoms with Crippen LogP contribution < -0.4 is 10.1 Å². The molecular weight excluding hydrogens is 260 g/mol. The zero-order valence-electron chi connectivity index (χ0n) is 13.3. The van der Waals surface area contributed by atoms with E-state index in [-0.39, 0.29) is 0 Å². The summed E-state index contributed by atoms with van der Waals surface area (Å²) in [6.45, 7) is 10.3. The summed E-state index contributed by atoms with van der Waals surface area (Å²) < 4.78 is 5.89. The van der Waals surface area contributed by atoms with Gasteiger partial charge in [0.15, 0.2) is 0 Å². The Morgan fingerprint density at radius 2 is 1.95 bits per heavy atom. The topological polar surface area (TPSA) is 34.1 Å². The first-order chi connectivity index (χ1) is 10.0. The molecule has 1 N–H and O–H groups in total. The van der Waals surface area contributed by atoms with E-state index in [9.17, 15) is 0 Å². The normalized spacial score (nSPS) is 10.9. The lowest BCUT2D eigenvalue weighted by molar-refractivity contribution is 0.455. The average molecular weight is 284 g/mol. The highest BCUT2D eigenvalue weighted by molar-refractivity contribution is 5.38. The van der Waals surface area contributed by atoms with E-state index in [1.54, 1.807) is 0 Å². The van der Waals surface area contributed by atoms with Crippen molar-refractivity contribution < 1.29 is 4.74 Å². The Kier molecular flexibility index (Phi) is 5.34. The smallest absolute Gasteiger partial charge is 0.219 e. The maximum absolute atomic E-state index is 5.89. The molecule has 3 heteroatoms. The molecule has 0 aliphatic carbocycles. The van der Waals surface area contributed by atoms with E-state index >= 15 is 0 Å². The maximum atomic E-state index is 5.89. The monoisotopic (exact) mass is 284 g/mol. The molecule has 0 aliphatic rings. The van der Waals surface area contributed by atoms with Crippen molar-refractivity contribution >= 4 is 0 Å². The fourth-order valence-corrected chi connectivity index (χ4v) is 2.13. The summed E-state index contributed by atoms with van der Waals surface area (Å²) in [4.78, 5) is 4.54. The van der Waals surface area contributed by atoms with Gasteiger partial charge in [-0.3, -0.25) is 0 Å². The Labute approximate surface area is 127 Å². The van der Waals surface area contributed by atoms with E-state index in [4.69, 9.17) is 4.74 Å². The Bertz CT molecular complexity index is 594. The van der Waals surface area contributed by atoms with Gasteiger partial charge < -0.3 is 10.1 Å². The van der Waals surface area contributed by atoms with Gasteiger partial charge in [-0.1, -0.05) is 37.6 Å². The van der Waals surface area contributed by atoms with Crippen LogP contribution in [0.5, 0.6) is 11.6 Å². The number of nitrogens with zero attached hydrogens (tertiary/aromatic N) is 1. The minimum absolute atomic E-state index is 0.639. The molecule has 2 rings (SSSR count). The quantitative estimate of drug-likeness (QED) is 0.861. The number of hydrogen-bond acceptors (Lipinski definition) is 3. The lowest BCUT2D eigenvalue weighted by Gasteiger charge is -2.10.